The summed E-state index contributed by atoms with van der Waals surface area (Å²) in [7, 11) is 1.97. The van der Waals surface area contributed by atoms with Crippen LogP contribution in [0, 0.1) is 0 Å². The first-order valence-corrected chi connectivity index (χ1v) is 16.1. The molecule has 0 spiro atoms. The standard InChI is InChI=1S/C6H5.C5H11NS2.Hg/c1-2-4-6-5-3-1;1-3-6(4-2)5(7)8;/h1-5H;3-4H2,1-2H3,(H,7,8);/q;;+1/p-1. The van der Waals surface area contributed by atoms with E-state index in [0.717, 1.165) is 17.4 Å². The molecule has 0 aliphatic heterocycles. The number of hydrogen-bond donors (Lipinski definition) is 0. The Labute approximate surface area is 112 Å². The van der Waals surface area contributed by atoms with E-state index in [9.17, 15) is 0 Å². The molecule has 0 amide bonds. The predicted octanol–water partition coefficient (Wildman–Crippen LogP) is 2.67. The molecule has 1 aromatic carbocycles. The van der Waals surface area contributed by atoms with Gasteiger partial charge in [-0.15, -0.1) is 0 Å². The first-order chi connectivity index (χ1) is 7.27. The third-order valence-corrected chi connectivity index (χ3v) is 16.9. The summed E-state index contributed by atoms with van der Waals surface area (Å²) in [5.41, 5.74) is 0. The van der Waals surface area contributed by atoms with Crippen molar-refractivity contribution in [2.24, 2.45) is 0 Å². The molecule has 0 bridgehead atoms. The minimum atomic E-state index is -1.04. The van der Waals surface area contributed by atoms with Crippen LogP contribution in [0.25, 0.3) is 0 Å². The Morgan fingerprint density at radius 2 is 1.87 bits per heavy atom. The van der Waals surface area contributed by atoms with E-state index in [0.29, 0.717) is 0 Å². The van der Waals surface area contributed by atoms with Gasteiger partial charge in [-0.1, -0.05) is 0 Å². The minimum absolute atomic E-state index is 1.03. The SMILES string of the molecule is CCN(CC)C(=S)[S][Hg][c]1ccccc1. The molecular weight excluding hydrogens is 411 g/mol. The Morgan fingerprint density at radius 3 is 2.40 bits per heavy atom. The van der Waals surface area contributed by atoms with Gasteiger partial charge < -0.3 is 0 Å². The number of rotatable bonds is 4. The summed E-state index contributed by atoms with van der Waals surface area (Å²) in [4.78, 5) is 2.27. The normalized spacial score (nSPS) is 9.47. The van der Waals surface area contributed by atoms with Gasteiger partial charge in [0.25, 0.3) is 0 Å². The number of nitrogens with zero attached hydrogens (tertiary/aromatic N) is 1. The van der Waals surface area contributed by atoms with Gasteiger partial charge in [-0.25, -0.2) is 0 Å². The molecule has 0 fully saturated rings. The van der Waals surface area contributed by atoms with Crippen molar-refractivity contribution >= 4 is 27.9 Å². The van der Waals surface area contributed by atoms with Gasteiger partial charge >= 0.3 is 113 Å². The van der Waals surface area contributed by atoms with Crippen LogP contribution in [-0.4, -0.2) is 22.3 Å². The van der Waals surface area contributed by atoms with Gasteiger partial charge in [-0.05, 0) is 0 Å². The molecule has 1 rings (SSSR count). The average molecular weight is 426 g/mol. The van der Waals surface area contributed by atoms with Crippen molar-refractivity contribution in [2.75, 3.05) is 13.1 Å². The van der Waals surface area contributed by atoms with E-state index >= 15 is 0 Å². The van der Waals surface area contributed by atoms with Gasteiger partial charge in [0.05, 0.1) is 0 Å². The van der Waals surface area contributed by atoms with Crippen LogP contribution < -0.4 is 3.07 Å². The van der Waals surface area contributed by atoms with Gasteiger partial charge in [0.1, 0.15) is 0 Å². The molecule has 1 nitrogen and oxygen atoms in total. The fourth-order valence-electron chi connectivity index (χ4n) is 1.29. The number of hydrogen-bond acceptors (Lipinski definition) is 2. The van der Waals surface area contributed by atoms with E-state index in [1.165, 1.54) is 0 Å². The average Bonchev–Trinajstić information content (AvgIpc) is 2.29. The Kier molecular flexibility index (Phi) is 6.85. The predicted molar refractivity (Wildman–Crippen MR) is 69.2 cm³/mol. The van der Waals surface area contributed by atoms with Gasteiger partial charge in [0.15, 0.2) is 0 Å². The van der Waals surface area contributed by atoms with Gasteiger partial charge in [-0.2, -0.15) is 0 Å². The molecule has 0 aromatic heterocycles. The van der Waals surface area contributed by atoms with Crippen LogP contribution in [-0.2, 0) is 23.1 Å². The van der Waals surface area contributed by atoms with Crippen LogP contribution in [0.1, 0.15) is 13.8 Å². The molecule has 0 saturated carbocycles. The second-order valence-electron chi connectivity index (χ2n) is 3.21. The molecule has 0 heterocycles. The summed E-state index contributed by atoms with van der Waals surface area (Å²) >= 11 is 4.38. The quantitative estimate of drug-likeness (QED) is 0.539. The Hall–Kier alpha value is 0.395. The van der Waals surface area contributed by atoms with Crippen LogP contribution in [0.15, 0.2) is 30.3 Å². The zero-order valence-electron chi connectivity index (χ0n) is 9.27. The molecule has 4 heteroatoms. The second kappa shape index (κ2) is 7.63. The molecule has 0 atom stereocenters. The molecule has 78 valence electrons. The molecule has 0 radical (unpaired) electrons. The van der Waals surface area contributed by atoms with Gasteiger partial charge in [-0.3, -0.25) is 0 Å². The molecule has 15 heavy (non-hydrogen) atoms. The zero-order chi connectivity index (χ0) is 11.1. The van der Waals surface area contributed by atoms with Crippen molar-refractivity contribution in [3.63, 3.8) is 0 Å². The van der Waals surface area contributed by atoms with Gasteiger partial charge in [0, 0.05) is 0 Å². The summed E-state index contributed by atoms with van der Waals surface area (Å²) in [6, 6.07) is 10.8. The third kappa shape index (κ3) is 4.83. The molecule has 0 N–H and O–H groups in total. The van der Waals surface area contributed by atoms with Crippen LogP contribution in [0.5, 0.6) is 0 Å². The summed E-state index contributed by atoms with van der Waals surface area (Å²) in [6.07, 6.45) is 0. The van der Waals surface area contributed by atoms with Crippen LogP contribution >= 0.6 is 20.5 Å². The van der Waals surface area contributed by atoms with Crippen molar-refractivity contribution in [1.82, 2.24) is 4.90 Å². The molecule has 0 aliphatic carbocycles. The van der Waals surface area contributed by atoms with Gasteiger partial charge in [0.2, 0.25) is 0 Å². The number of benzene rings is 1. The Morgan fingerprint density at radius 1 is 1.27 bits per heavy atom. The van der Waals surface area contributed by atoms with E-state index in [2.05, 4.69) is 49.1 Å². The molecule has 0 aliphatic rings. The first kappa shape index (κ1) is 13.5. The molecular formula is C11H15HgNS2. The maximum atomic E-state index is 5.42. The number of thiocarbonyl (C=S) groups is 1. The fourth-order valence-corrected chi connectivity index (χ4v) is 12.8. The van der Waals surface area contributed by atoms with Crippen LogP contribution in [0.4, 0.5) is 0 Å². The zero-order valence-corrected chi connectivity index (χ0v) is 16.4. The van der Waals surface area contributed by atoms with Crippen LogP contribution in [0.2, 0.25) is 0 Å². The van der Waals surface area contributed by atoms with E-state index < -0.39 is 23.1 Å². The Bertz CT molecular complexity index is 299. The van der Waals surface area contributed by atoms with Crippen molar-refractivity contribution < 1.29 is 23.1 Å². The molecule has 0 unspecified atom stereocenters. The molecule has 0 saturated heterocycles. The summed E-state index contributed by atoms with van der Waals surface area (Å²) < 4.78 is 2.66. The van der Waals surface area contributed by atoms with Crippen molar-refractivity contribution in [1.29, 1.82) is 0 Å². The summed E-state index contributed by atoms with van der Waals surface area (Å²) in [6.45, 7) is 6.39. The summed E-state index contributed by atoms with van der Waals surface area (Å²) in [5.74, 6) is 0. The van der Waals surface area contributed by atoms with Crippen molar-refractivity contribution in [2.45, 2.75) is 13.8 Å². The maximum absolute atomic E-state index is 5.42. The topological polar surface area (TPSA) is 3.24 Å². The van der Waals surface area contributed by atoms with E-state index in [-0.39, 0.29) is 0 Å². The second-order valence-corrected chi connectivity index (χ2v) is 14.7. The van der Waals surface area contributed by atoms with E-state index in [1.807, 2.05) is 8.24 Å². The third-order valence-electron chi connectivity index (χ3n) is 2.23. The van der Waals surface area contributed by atoms with Crippen LogP contribution in [0.3, 0.4) is 0 Å². The molecule has 1 aromatic rings. The first-order valence-electron chi connectivity index (χ1n) is 5.23. The van der Waals surface area contributed by atoms with Crippen molar-refractivity contribution in [3.05, 3.63) is 30.3 Å². The fraction of sp³-hybridized carbons (Fsp3) is 0.364. The monoisotopic (exact) mass is 427 g/mol. The van der Waals surface area contributed by atoms with E-state index in [4.69, 9.17) is 12.2 Å². The van der Waals surface area contributed by atoms with Crippen molar-refractivity contribution in [3.8, 4) is 0 Å². The Balaban J connectivity index is 2.40. The van der Waals surface area contributed by atoms with E-state index in [1.54, 1.807) is 3.07 Å². The summed E-state index contributed by atoms with van der Waals surface area (Å²) in [5, 5.41) is 0.